The Kier molecular flexibility index (Phi) is 2.88. The SMILES string of the molecule is O=C(Nc1cccc(Br)n1)C1NC2CCC1C2. The Bertz CT molecular complexity index is 451. The highest BCUT2D eigenvalue weighted by molar-refractivity contribution is 9.10. The minimum Gasteiger partial charge on any atom is -0.309 e. The predicted molar refractivity (Wildman–Crippen MR) is 68.6 cm³/mol. The van der Waals surface area contributed by atoms with Gasteiger partial charge in [0.1, 0.15) is 10.4 Å². The van der Waals surface area contributed by atoms with Gasteiger partial charge >= 0.3 is 0 Å². The number of anilines is 1. The van der Waals surface area contributed by atoms with E-state index < -0.39 is 0 Å². The van der Waals surface area contributed by atoms with Crippen molar-refractivity contribution >= 4 is 27.7 Å². The first-order valence-corrected chi connectivity index (χ1v) is 6.71. The van der Waals surface area contributed by atoms with E-state index in [-0.39, 0.29) is 11.9 Å². The van der Waals surface area contributed by atoms with Gasteiger partial charge in [0.15, 0.2) is 0 Å². The number of aromatic nitrogens is 1. The lowest BCUT2D eigenvalue weighted by Gasteiger charge is -2.21. The molecule has 1 aliphatic heterocycles. The Morgan fingerprint density at radius 3 is 3.00 bits per heavy atom. The van der Waals surface area contributed by atoms with Crippen molar-refractivity contribution in [1.82, 2.24) is 10.3 Å². The Balaban J connectivity index is 1.68. The van der Waals surface area contributed by atoms with Gasteiger partial charge < -0.3 is 10.6 Å². The first-order chi connectivity index (χ1) is 8.22. The van der Waals surface area contributed by atoms with Crippen LogP contribution in [0, 0.1) is 5.92 Å². The van der Waals surface area contributed by atoms with Gasteiger partial charge in [0.05, 0.1) is 6.04 Å². The molecule has 90 valence electrons. The zero-order chi connectivity index (χ0) is 11.8. The molecule has 1 aromatic heterocycles. The van der Waals surface area contributed by atoms with E-state index in [0.717, 1.165) is 11.0 Å². The number of carbonyl (C=O) groups excluding carboxylic acids is 1. The standard InChI is InChI=1S/C12H14BrN3O/c13-9-2-1-3-10(15-9)16-12(17)11-7-4-5-8(6-7)14-11/h1-3,7-8,11,14H,4-6H2,(H,15,16,17). The van der Waals surface area contributed by atoms with E-state index in [0.29, 0.717) is 17.8 Å². The molecule has 17 heavy (non-hydrogen) atoms. The zero-order valence-corrected chi connectivity index (χ0v) is 10.9. The molecule has 1 aromatic rings. The minimum absolute atomic E-state index is 0.0328. The van der Waals surface area contributed by atoms with Crippen LogP contribution < -0.4 is 10.6 Å². The molecule has 1 saturated heterocycles. The molecule has 2 fully saturated rings. The van der Waals surface area contributed by atoms with Gasteiger partial charge in [-0.15, -0.1) is 0 Å². The lowest BCUT2D eigenvalue weighted by Crippen LogP contribution is -2.44. The Labute approximate surface area is 108 Å². The second-order valence-electron chi connectivity index (χ2n) is 4.75. The third-order valence-electron chi connectivity index (χ3n) is 3.61. The Hall–Kier alpha value is -0.940. The van der Waals surface area contributed by atoms with Gasteiger partial charge in [0.2, 0.25) is 5.91 Å². The summed E-state index contributed by atoms with van der Waals surface area (Å²) in [6.07, 6.45) is 3.52. The molecule has 3 atom stereocenters. The molecule has 1 saturated carbocycles. The molecule has 0 aromatic carbocycles. The number of hydrogen-bond acceptors (Lipinski definition) is 3. The van der Waals surface area contributed by atoms with Gasteiger partial charge in [-0.3, -0.25) is 4.79 Å². The van der Waals surface area contributed by atoms with Crippen LogP contribution in [0.2, 0.25) is 0 Å². The summed E-state index contributed by atoms with van der Waals surface area (Å²) < 4.78 is 0.733. The third-order valence-corrected chi connectivity index (χ3v) is 4.05. The van der Waals surface area contributed by atoms with E-state index in [1.54, 1.807) is 6.07 Å². The maximum Gasteiger partial charge on any atom is 0.242 e. The van der Waals surface area contributed by atoms with Crippen molar-refractivity contribution in [1.29, 1.82) is 0 Å². The molecular formula is C12H14BrN3O. The largest absolute Gasteiger partial charge is 0.309 e. The van der Waals surface area contributed by atoms with Gasteiger partial charge in [0, 0.05) is 6.04 Å². The minimum atomic E-state index is -0.0328. The summed E-state index contributed by atoms with van der Waals surface area (Å²) in [5.74, 6) is 1.16. The number of piperidine rings is 1. The number of halogens is 1. The molecule has 1 amide bonds. The quantitative estimate of drug-likeness (QED) is 0.820. The van der Waals surface area contributed by atoms with Crippen LogP contribution in [0.5, 0.6) is 0 Å². The average Bonchev–Trinajstić information content (AvgIpc) is 2.90. The normalized spacial score (nSPS) is 30.5. The van der Waals surface area contributed by atoms with Gasteiger partial charge in [-0.05, 0) is 53.2 Å². The van der Waals surface area contributed by atoms with Crippen molar-refractivity contribution in [2.75, 3.05) is 5.32 Å². The highest BCUT2D eigenvalue weighted by Crippen LogP contribution is 2.35. The summed E-state index contributed by atoms with van der Waals surface area (Å²) in [7, 11) is 0. The monoisotopic (exact) mass is 295 g/mol. The number of rotatable bonds is 2. The van der Waals surface area contributed by atoms with E-state index in [2.05, 4.69) is 31.5 Å². The molecule has 3 rings (SSSR count). The van der Waals surface area contributed by atoms with Crippen molar-refractivity contribution in [3.05, 3.63) is 22.8 Å². The van der Waals surface area contributed by atoms with Crippen molar-refractivity contribution in [2.45, 2.75) is 31.3 Å². The Morgan fingerprint density at radius 2 is 2.35 bits per heavy atom. The second kappa shape index (κ2) is 4.38. The number of nitrogens with zero attached hydrogens (tertiary/aromatic N) is 1. The van der Waals surface area contributed by atoms with Crippen LogP contribution in [-0.4, -0.2) is 23.0 Å². The van der Waals surface area contributed by atoms with Crippen LogP contribution in [0.1, 0.15) is 19.3 Å². The maximum absolute atomic E-state index is 12.1. The maximum atomic E-state index is 12.1. The van der Waals surface area contributed by atoms with Gasteiger partial charge in [0.25, 0.3) is 0 Å². The molecule has 2 heterocycles. The van der Waals surface area contributed by atoms with Crippen LogP contribution in [0.25, 0.3) is 0 Å². The molecule has 3 unspecified atom stereocenters. The molecule has 2 bridgehead atoms. The Morgan fingerprint density at radius 1 is 1.47 bits per heavy atom. The molecule has 2 N–H and O–H groups in total. The summed E-state index contributed by atoms with van der Waals surface area (Å²) in [4.78, 5) is 16.3. The van der Waals surface area contributed by atoms with Gasteiger partial charge in [-0.1, -0.05) is 6.07 Å². The summed E-state index contributed by atoms with van der Waals surface area (Å²) >= 11 is 3.29. The van der Waals surface area contributed by atoms with E-state index in [1.165, 1.54) is 12.8 Å². The first kappa shape index (κ1) is 11.2. The highest BCUT2D eigenvalue weighted by Gasteiger charge is 2.42. The van der Waals surface area contributed by atoms with E-state index in [4.69, 9.17) is 0 Å². The van der Waals surface area contributed by atoms with Crippen molar-refractivity contribution in [2.24, 2.45) is 5.92 Å². The van der Waals surface area contributed by atoms with E-state index in [1.807, 2.05) is 12.1 Å². The van der Waals surface area contributed by atoms with Crippen LogP contribution in [-0.2, 0) is 4.79 Å². The van der Waals surface area contributed by atoms with Crippen molar-refractivity contribution in [3.8, 4) is 0 Å². The molecule has 2 aliphatic rings. The van der Waals surface area contributed by atoms with Crippen molar-refractivity contribution < 1.29 is 4.79 Å². The number of carbonyl (C=O) groups is 1. The summed E-state index contributed by atoms with van der Waals surface area (Å²) in [5, 5.41) is 6.24. The first-order valence-electron chi connectivity index (χ1n) is 5.92. The molecule has 5 heteroatoms. The van der Waals surface area contributed by atoms with Crippen molar-refractivity contribution in [3.63, 3.8) is 0 Å². The number of fused-ring (bicyclic) bond motifs is 2. The lowest BCUT2D eigenvalue weighted by molar-refractivity contribution is -0.119. The van der Waals surface area contributed by atoms with Crippen LogP contribution in [0.15, 0.2) is 22.8 Å². The van der Waals surface area contributed by atoms with Gasteiger partial charge in [-0.2, -0.15) is 0 Å². The van der Waals surface area contributed by atoms with Crippen LogP contribution >= 0.6 is 15.9 Å². The van der Waals surface area contributed by atoms with Gasteiger partial charge in [-0.25, -0.2) is 4.98 Å². The molecule has 0 spiro atoms. The summed E-state index contributed by atoms with van der Waals surface area (Å²) in [5.41, 5.74) is 0. The lowest BCUT2D eigenvalue weighted by atomic mass is 9.99. The fourth-order valence-corrected chi connectivity index (χ4v) is 3.18. The fraction of sp³-hybridized carbons (Fsp3) is 0.500. The number of amides is 1. The molecule has 0 radical (unpaired) electrons. The zero-order valence-electron chi connectivity index (χ0n) is 9.32. The number of hydrogen-bond donors (Lipinski definition) is 2. The number of nitrogens with one attached hydrogen (secondary N) is 2. The highest BCUT2D eigenvalue weighted by atomic mass is 79.9. The fourth-order valence-electron chi connectivity index (χ4n) is 2.83. The molecule has 4 nitrogen and oxygen atoms in total. The van der Waals surface area contributed by atoms with Crippen LogP contribution in [0.3, 0.4) is 0 Å². The molecular weight excluding hydrogens is 282 g/mol. The number of pyridine rings is 1. The third kappa shape index (κ3) is 2.21. The molecule has 1 aliphatic carbocycles. The van der Waals surface area contributed by atoms with Crippen LogP contribution in [0.4, 0.5) is 5.82 Å². The predicted octanol–water partition coefficient (Wildman–Crippen LogP) is 1.92. The average molecular weight is 296 g/mol. The van der Waals surface area contributed by atoms with E-state index in [9.17, 15) is 4.79 Å². The smallest absolute Gasteiger partial charge is 0.242 e. The topological polar surface area (TPSA) is 54.0 Å². The van der Waals surface area contributed by atoms with E-state index >= 15 is 0 Å². The summed E-state index contributed by atoms with van der Waals surface area (Å²) in [6, 6.07) is 6.02. The second-order valence-corrected chi connectivity index (χ2v) is 5.56. The summed E-state index contributed by atoms with van der Waals surface area (Å²) in [6.45, 7) is 0.